The monoisotopic (exact) mass is 436 g/mol. The third-order valence-corrected chi connectivity index (χ3v) is 4.72. The van der Waals surface area contributed by atoms with Gasteiger partial charge in [0.2, 0.25) is 0 Å². The van der Waals surface area contributed by atoms with E-state index in [2.05, 4.69) is 44.7 Å². The Morgan fingerprint density at radius 2 is 0.848 bits per heavy atom. The minimum absolute atomic E-state index is 0.181. The van der Waals surface area contributed by atoms with Crippen LogP contribution in [-0.4, -0.2) is 13.5 Å². The zero-order valence-electron chi connectivity index (χ0n) is 18.1. The van der Waals surface area contributed by atoms with Gasteiger partial charge in [-0.3, -0.25) is 0 Å². The van der Waals surface area contributed by atoms with Gasteiger partial charge in [0.25, 0.3) is 0 Å². The molecule has 0 aliphatic rings. The second-order valence-corrected chi connectivity index (χ2v) is 7.17. The maximum Gasteiger partial charge on any atom is 0.198 e. The van der Waals surface area contributed by atoms with Crippen molar-refractivity contribution >= 4 is 11.4 Å². The van der Waals surface area contributed by atoms with Gasteiger partial charge in [-0.2, -0.15) is 10.2 Å². The highest BCUT2D eigenvalue weighted by molar-refractivity contribution is 5.36. The van der Waals surface area contributed by atoms with Gasteiger partial charge in [-0.05, 0) is 66.1 Å². The quantitative estimate of drug-likeness (QED) is 0.241. The summed E-state index contributed by atoms with van der Waals surface area (Å²) in [5.41, 5.74) is 4.01. The average molecular weight is 437 g/mol. The van der Waals surface area contributed by atoms with Crippen LogP contribution in [0.1, 0.15) is 11.1 Å². The summed E-state index contributed by atoms with van der Waals surface area (Å²) in [4.78, 5) is 0. The highest BCUT2D eigenvalue weighted by atomic mass is 16.5. The molecular formula is C27H24N4O2. The van der Waals surface area contributed by atoms with E-state index < -0.39 is 0 Å². The molecule has 0 fully saturated rings. The number of rotatable bonds is 10. The molecule has 0 saturated heterocycles. The van der Waals surface area contributed by atoms with Crippen molar-refractivity contribution < 1.29 is 9.47 Å². The predicted molar refractivity (Wildman–Crippen MR) is 129 cm³/mol. The standard InChI is InChI=1S/C27H24N4O2/c1-3-7-24(8-4-1)30-28-20-32-26-15-11-22(12-16-26)19-23-13-17-27(18-14-23)33-21-29-31-25-9-5-2-6-10-25/h1-18H,19-21H2. The Morgan fingerprint density at radius 1 is 0.455 bits per heavy atom. The fourth-order valence-electron chi connectivity index (χ4n) is 3.06. The van der Waals surface area contributed by atoms with Crippen LogP contribution in [-0.2, 0) is 6.42 Å². The van der Waals surface area contributed by atoms with Gasteiger partial charge in [0, 0.05) is 0 Å². The van der Waals surface area contributed by atoms with Crippen molar-refractivity contribution in [3.8, 4) is 11.5 Å². The molecule has 0 heterocycles. The first-order chi connectivity index (χ1) is 16.3. The van der Waals surface area contributed by atoms with Crippen LogP contribution < -0.4 is 9.47 Å². The number of ether oxygens (including phenoxy) is 2. The van der Waals surface area contributed by atoms with Gasteiger partial charge in [0.05, 0.1) is 11.4 Å². The van der Waals surface area contributed by atoms with Crippen LogP contribution in [0.25, 0.3) is 0 Å². The highest BCUT2D eigenvalue weighted by Gasteiger charge is 2.00. The molecule has 6 heteroatoms. The lowest BCUT2D eigenvalue weighted by molar-refractivity contribution is 0.323. The number of azo groups is 2. The molecule has 6 nitrogen and oxygen atoms in total. The summed E-state index contributed by atoms with van der Waals surface area (Å²) in [5.74, 6) is 1.53. The summed E-state index contributed by atoms with van der Waals surface area (Å²) < 4.78 is 11.3. The lowest BCUT2D eigenvalue weighted by atomic mass is 10.0. The van der Waals surface area contributed by atoms with E-state index in [1.54, 1.807) is 0 Å². The second kappa shape index (κ2) is 11.9. The van der Waals surface area contributed by atoms with E-state index in [0.29, 0.717) is 0 Å². The third kappa shape index (κ3) is 7.40. The summed E-state index contributed by atoms with van der Waals surface area (Å²) in [6.07, 6.45) is 0.821. The fraction of sp³-hybridized carbons (Fsp3) is 0.111. The zero-order chi connectivity index (χ0) is 22.6. The van der Waals surface area contributed by atoms with Crippen molar-refractivity contribution in [2.75, 3.05) is 13.5 Å². The predicted octanol–water partition coefficient (Wildman–Crippen LogP) is 7.52. The first kappa shape index (κ1) is 21.9. The lowest BCUT2D eigenvalue weighted by Crippen LogP contribution is -1.95. The van der Waals surface area contributed by atoms with Crippen molar-refractivity contribution in [2.45, 2.75) is 6.42 Å². The van der Waals surface area contributed by atoms with Crippen molar-refractivity contribution in [3.05, 3.63) is 120 Å². The first-order valence-electron chi connectivity index (χ1n) is 10.6. The molecule has 0 amide bonds. The van der Waals surface area contributed by atoms with Crippen LogP contribution in [0.5, 0.6) is 11.5 Å². The molecule has 0 radical (unpaired) electrons. The van der Waals surface area contributed by atoms with Gasteiger partial charge in [-0.25, -0.2) is 0 Å². The highest BCUT2D eigenvalue weighted by Crippen LogP contribution is 2.19. The van der Waals surface area contributed by atoms with Crippen molar-refractivity contribution in [3.63, 3.8) is 0 Å². The van der Waals surface area contributed by atoms with Crippen molar-refractivity contribution in [2.24, 2.45) is 20.5 Å². The molecule has 4 aromatic carbocycles. The van der Waals surface area contributed by atoms with Gasteiger partial charge < -0.3 is 9.47 Å². The molecule has 0 spiro atoms. The number of hydrogen-bond acceptors (Lipinski definition) is 6. The number of benzene rings is 4. The number of nitrogens with zero attached hydrogens (tertiary/aromatic N) is 4. The minimum atomic E-state index is 0.181. The second-order valence-electron chi connectivity index (χ2n) is 7.17. The van der Waals surface area contributed by atoms with E-state index >= 15 is 0 Å². The van der Waals surface area contributed by atoms with Gasteiger partial charge in [0.15, 0.2) is 13.5 Å². The smallest absolute Gasteiger partial charge is 0.198 e. The van der Waals surface area contributed by atoms with Crippen LogP contribution in [0, 0.1) is 0 Å². The molecule has 33 heavy (non-hydrogen) atoms. The van der Waals surface area contributed by atoms with Crippen LogP contribution >= 0.6 is 0 Å². The molecular weight excluding hydrogens is 412 g/mol. The molecule has 0 aliphatic heterocycles. The Balaban J connectivity index is 1.21. The molecule has 4 rings (SSSR count). The number of hydrogen-bond donors (Lipinski definition) is 0. The lowest BCUT2D eigenvalue weighted by Gasteiger charge is -2.07. The van der Waals surface area contributed by atoms with E-state index in [4.69, 9.17) is 9.47 Å². The minimum Gasteiger partial charge on any atom is -0.470 e. The Bertz CT molecular complexity index is 1070. The summed E-state index contributed by atoms with van der Waals surface area (Å²) in [6.45, 7) is 0.362. The first-order valence-corrected chi connectivity index (χ1v) is 10.6. The Labute approximate surface area is 193 Å². The zero-order valence-corrected chi connectivity index (χ0v) is 18.1. The molecule has 0 aliphatic carbocycles. The Kier molecular flexibility index (Phi) is 7.90. The van der Waals surface area contributed by atoms with E-state index in [1.165, 1.54) is 11.1 Å². The maximum absolute atomic E-state index is 5.63. The SMILES string of the molecule is c1ccc(N=NCOc2ccc(Cc3ccc(OCN=Nc4ccccc4)cc3)cc2)cc1. The maximum atomic E-state index is 5.63. The van der Waals surface area contributed by atoms with E-state index in [-0.39, 0.29) is 13.5 Å². The molecule has 0 saturated carbocycles. The largest absolute Gasteiger partial charge is 0.470 e. The third-order valence-electron chi connectivity index (χ3n) is 4.72. The van der Waals surface area contributed by atoms with Gasteiger partial charge in [-0.15, -0.1) is 10.2 Å². The Hall–Kier alpha value is -4.32. The normalized spacial score (nSPS) is 11.2. The van der Waals surface area contributed by atoms with Crippen LogP contribution in [0.4, 0.5) is 11.4 Å². The van der Waals surface area contributed by atoms with Gasteiger partial charge in [-0.1, -0.05) is 60.7 Å². The average Bonchev–Trinajstić information content (AvgIpc) is 2.88. The molecule has 0 unspecified atom stereocenters. The molecule has 4 aromatic rings. The van der Waals surface area contributed by atoms with Gasteiger partial charge >= 0.3 is 0 Å². The molecule has 0 bridgehead atoms. The molecule has 164 valence electrons. The topological polar surface area (TPSA) is 67.9 Å². The van der Waals surface area contributed by atoms with E-state index in [0.717, 1.165) is 29.3 Å². The fourth-order valence-corrected chi connectivity index (χ4v) is 3.06. The van der Waals surface area contributed by atoms with Gasteiger partial charge in [0.1, 0.15) is 11.5 Å². The van der Waals surface area contributed by atoms with Crippen LogP contribution in [0.2, 0.25) is 0 Å². The van der Waals surface area contributed by atoms with Crippen LogP contribution in [0.3, 0.4) is 0 Å². The summed E-state index contributed by atoms with van der Waals surface area (Å²) in [7, 11) is 0. The molecule has 0 N–H and O–H groups in total. The molecule has 0 aromatic heterocycles. The summed E-state index contributed by atoms with van der Waals surface area (Å²) in [6, 6.07) is 35.2. The molecule has 0 atom stereocenters. The Morgan fingerprint density at radius 3 is 1.24 bits per heavy atom. The van der Waals surface area contributed by atoms with Crippen LogP contribution in [0.15, 0.2) is 130 Å². The summed E-state index contributed by atoms with van der Waals surface area (Å²) >= 11 is 0. The van der Waals surface area contributed by atoms with E-state index in [1.807, 2.05) is 84.9 Å². The van der Waals surface area contributed by atoms with Crippen molar-refractivity contribution in [1.29, 1.82) is 0 Å². The van der Waals surface area contributed by atoms with Crippen molar-refractivity contribution in [1.82, 2.24) is 0 Å². The van der Waals surface area contributed by atoms with E-state index in [9.17, 15) is 0 Å². The summed E-state index contributed by atoms with van der Waals surface area (Å²) in [5, 5.41) is 16.3.